The molecule has 14 rings (SSSR count). The van der Waals surface area contributed by atoms with Crippen molar-refractivity contribution < 1.29 is 0 Å². The monoisotopic (exact) mass is 975 g/mol. The van der Waals surface area contributed by atoms with E-state index >= 15 is 0 Å². The van der Waals surface area contributed by atoms with E-state index in [2.05, 4.69) is 275 Å². The summed E-state index contributed by atoms with van der Waals surface area (Å²) in [5, 5.41) is 2.54. The first kappa shape index (κ1) is 46.0. The average Bonchev–Trinajstić information content (AvgIpc) is 4.07. The lowest BCUT2D eigenvalue weighted by Crippen LogP contribution is -2.18. The van der Waals surface area contributed by atoms with E-state index in [0.29, 0.717) is 0 Å². The number of fused-ring (bicyclic) bond motifs is 8. The van der Waals surface area contributed by atoms with Crippen molar-refractivity contribution in [1.82, 2.24) is 4.57 Å². The summed E-state index contributed by atoms with van der Waals surface area (Å²) in [6.07, 6.45) is 6.68. The Balaban J connectivity index is 0.764. The summed E-state index contributed by atoms with van der Waals surface area (Å²) in [6, 6.07) is 88.9. The van der Waals surface area contributed by atoms with Gasteiger partial charge in [-0.1, -0.05) is 234 Å². The minimum absolute atomic E-state index is 0.0877. The number of allylic oxidation sites excluding steroid dienone is 4. The molecule has 10 aromatic carbocycles. The van der Waals surface area contributed by atoms with E-state index in [1.807, 2.05) is 0 Å². The van der Waals surface area contributed by atoms with Gasteiger partial charge in [-0.25, -0.2) is 0 Å². The molecule has 0 aliphatic heterocycles. The Morgan fingerprint density at radius 2 is 0.895 bits per heavy atom. The highest BCUT2D eigenvalue weighted by atomic mass is 15.0. The third kappa shape index (κ3) is 7.66. The highest BCUT2D eigenvalue weighted by Crippen LogP contribution is 2.54. The molecule has 0 N–H and O–H groups in total. The maximum absolute atomic E-state index is 2.60. The first-order chi connectivity index (χ1) is 37.2. The third-order valence-electron chi connectivity index (χ3n) is 17.7. The number of benzene rings is 10. The van der Waals surface area contributed by atoms with Crippen LogP contribution in [0.1, 0.15) is 97.4 Å². The molecule has 366 valence electrons. The molecule has 1 aromatic heterocycles. The molecule has 1 atom stereocenters. The van der Waals surface area contributed by atoms with Crippen molar-refractivity contribution in [1.29, 1.82) is 0 Å². The number of rotatable bonds is 10. The molecule has 1 heterocycles. The van der Waals surface area contributed by atoms with Crippen molar-refractivity contribution in [2.45, 2.75) is 70.1 Å². The van der Waals surface area contributed by atoms with Gasteiger partial charge in [-0.3, -0.25) is 0 Å². The fourth-order valence-electron chi connectivity index (χ4n) is 13.5. The summed E-state index contributed by atoms with van der Waals surface area (Å²) in [5.41, 5.74) is 29.4. The van der Waals surface area contributed by atoms with E-state index in [9.17, 15) is 0 Å². The minimum atomic E-state index is -0.131. The molecule has 1 nitrogen and oxygen atoms in total. The second-order valence-corrected chi connectivity index (χ2v) is 22.7. The summed E-state index contributed by atoms with van der Waals surface area (Å²) >= 11 is 0. The second-order valence-electron chi connectivity index (χ2n) is 22.7. The molecule has 1 unspecified atom stereocenters. The van der Waals surface area contributed by atoms with Gasteiger partial charge in [0.15, 0.2) is 0 Å². The summed E-state index contributed by atoms with van der Waals surface area (Å²) in [7, 11) is 0. The van der Waals surface area contributed by atoms with Crippen LogP contribution in [-0.4, -0.2) is 4.57 Å². The smallest absolute Gasteiger partial charge is 0.0541 e. The zero-order valence-corrected chi connectivity index (χ0v) is 43.9. The number of aryl methyl sites for hydroxylation is 1. The molecule has 1 heteroatoms. The molecular weight excluding hydrogens is 915 g/mol. The topological polar surface area (TPSA) is 4.93 Å². The van der Waals surface area contributed by atoms with Crippen LogP contribution in [0.4, 0.5) is 0 Å². The molecule has 3 aliphatic rings. The standard InChI is InChI=1S/C75H61N/c1-74(2)68-45-56(50-16-8-5-9-17-50)33-39-62(68)64-41-35-58(47-70(64)74)61(59-36-42-65-63-40-34-57(51-18-10-6-11-19-51)46-69(63)75(3,4)71(65)48-59)38-26-49-24-27-52(28-25-49)53-29-31-54(32-30-53)55-37-43-73-67(44-55)66-22-14-15-23-72(66)76(73)60-20-12-7-13-21-60/h5-25,27-33,35-37,39,41-48,61H,26,34,38,40H2,1-4H3. The van der Waals surface area contributed by atoms with Crippen LogP contribution in [0, 0.1) is 0 Å². The zero-order valence-electron chi connectivity index (χ0n) is 43.9. The molecule has 76 heavy (non-hydrogen) atoms. The van der Waals surface area contributed by atoms with Crippen LogP contribution >= 0.6 is 0 Å². The Hall–Kier alpha value is -8.52. The Morgan fingerprint density at radius 1 is 0.395 bits per heavy atom. The Kier molecular flexibility index (Phi) is 11.0. The van der Waals surface area contributed by atoms with E-state index in [1.165, 1.54) is 133 Å². The lowest BCUT2D eigenvalue weighted by molar-refractivity contribution is 0.644. The van der Waals surface area contributed by atoms with E-state index < -0.39 is 0 Å². The minimum Gasteiger partial charge on any atom is -0.309 e. The van der Waals surface area contributed by atoms with Gasteiger partial charge in [0.1, 0.15) is 0 Å². The Bertz CT molecular complexity index is 4110. The Morgan fingerprint density at radius 3 is 1.59 bits per heavy atom. The third-order valence-corrected chi connectivity index (χ3v) is 17.7. The molecule has 3 aliphatic carbocycles. The molecule has 0 radical (unpaired) electrons. The van der Waals surface area contributed by atoms with Crippen LogP contribution in [0.2, 0.25) is 0 Å². The molecule has 0 fully saturated rings. The molecule has 0 spiro atoms. The van der Waals surface area contributed by atoms with Gasteiger partial charge in [0.05, 0.1) is 11.0 Å². The molecule has 0 saturated heterocycles. The summed E-state index contributed by atoms with van der Waals surface area (Å²) in [6.45, 7) is 9.77. The number of hydrogen-bond donors (Lipinski definition) is 0. The number of hydrogen-bond acceptors (Lipinski definition) is 0. The van der Waals surface area contributed by atoms with Crippen LogP contribution in [0.3, 0.4) is 0 Å². The number of nitrogens with zero attached hydrogens (tertiary/aromatic N) is 1. The first-order valence-electron chi connectivity index (χ1n) is 27.4. The van der Waals surface area contributed by atoms with Crippen molar-refractivity contribution in [2.24, 2.45) is 0 Å². The predicted molar refractivity (Wildman–Crippen MR) is 321 cm³/mol. The molecular formula is C75H61N. The molecule has 0 bridgehead atoms. The second kappa shape index (κ2) is 18.1. The summed E-state index contributed by atoms with van der Waals surface area (Å²) in [5.74, 6) is 0.222. The quantitative estimate of drug-likeness (QED) is 0.129. The van der Waals surface area contributed by atoms with Crippen LogP contribution in [0.5, 0.6) is 0 Å². The highest BCUT2D eigenvalue weighted by Gasteiger charge is 2.40. The lowest BCUT2D eigenvalue weighted by Gasteiger charge is -2.27. The highest BCUT2D eigenvalue weighted by molar-refractivity contribution is 6.10. The lowest BCUT2D eigenvalue weighted by atomic mass is 9.76. The normalized spacial score (nSPS) is 15.3. The predicted octanol–water partition coefficient (Wildman–Crippen LogP) is 19.8. The van der Waals surface area contributed by atoms with E-state index in [4.69, 9.17) is 0 Å². The largest absolute Gasteiger partial charge is 0.309 e. The van der Waals surface area contributed by atoms with Crippen LogP contribution in [0.25, 0.3) is 83.1 Å². The molecule has 11 aromatic rings. The van der Waals surface area contributed by atoms with E-state index in [1.54, 1.807) is 0 Å². The fourth-order valence-corrected chi connectivity index (χ4v) is 13.5. The van der Waals surface area contributed by atoms with E-state index in [-0.39, 0.29) is 16.7 Å². The van der Waals surface area contributed by atoms with Gasteiger partial charge >= 0.3 is 0 Å². The van der Waals surface area contributed by atoms with Crippen molar-refractivity contribution in [3.8, 4) is 50.2 Å². The van der Waals surface area contributed by atoms with Gasteiger partial charge < -0.3 is 4.57 Å². The van der Waals surface area contributed by atoms with Gasteiger partial charge in [0.25, 0.3) is 0 Å². The van der Waals surface area contributed by atoms with Crippen LogP contribution in [-0.2, 0) is 17.3 Å². The summed E-state index contributed by atoms with van der Waals surface area (Å²) in [4.78, 5) is 0. The van der Waals surface area contributed by atoms with Gasteiger partial charge in [-0.15, -0.1) is 0 Å². The van der Waals surface area contributed by atoms with Gasteiger partial charge in [0, 0.05) is 33.2 Å². The van der Waals surface area contributed by atoms with Crippen molar-refractivity contribution in [3.05, 3.63) is 293 Å². The maximum atomic E-state index is 2.60. The van der Waals surface area contributed by atoms with E-state index in [0.717, 1.165) is 25.7 Å². The first-order valence-corrected chi connectivity index (χ1v) is 27.4. The van der Waals surface area contributed by atoms with Crippen molar-refractivity contribution >= 4 is 33.0 Å². The van der Waals surface area contributed by atoms with Gasteiger partial charge in [0.2, 0.25) is 0 Å². The van der Waals surface area contributed by atoms with Crippen molar-refractivity contribution in [2.75, 3.05) is 0 Å². The van der Waals surface area contributed by atoms with Crippen LogP contribution < -0.4 is 0 Å². The SMILES string of the molecule is CC1(C)C2=C(CCC(c3ccccc3)=C2)c2ccc(C(CCc3ccc(-c4ccc(-c5ccc6c(c5)c5ccccc5n6-c5ccccc5)cc4)cc3)c3ccc4c(c3)C(C)(C)c3cc(-c5ccccc5)ccc3-4)cc21. The fraction of sp³-hybridized carbons (Fsp3) is 0.147. The van der Waals surface area contributed by atoms with Crippen molar-refractivity contribution in [3.63, 3.8) is 0 Å². The van der Waals surface area contributed by atoms with Gasteiger partial charge in [-0.2, -0.15) is 0 Å². The van der Waals surface area contributed by atoms with Crippen LogP contribution in [0.15, 0.2) is 248 Å². The number of para-hydroxylation sites is 2. The molecule has 0 amide bonds. The molecule has 0 saturated carbocycles. The Labute approximate surface area is 448 Å². The zero-order chi connectivity index (χ0) is 51.1. The maximum Gasteiger partial charge on any atom is 0.0541 e. The average molecular weight is 976 g/mol. The summed E-state index contributed by atoms with van der Waals surface area (Å²) < 4.78 is 2.38. The van der Waals surface area contributed by atoms with Gasteiger partial charge in [-0.05, 0) is 168 Å². The number of aromatic nitrogens is 1.